The first kappa shape index (κ1) is 13.1. The van der Waals surface area contributed by atoms with E-state index in [9.17, 15) is 9.59 Å². The number of amides is 1. The molecule has 5 heteroatoms. The Hall–Kier alpha value is -2.59. The molecule has 0 saturated heterocycles. The fourth-order valence-electron chi connectivity index (χ4n) is 2.82. The topological polar surface area (TPSA) is 59.3 Å². The number of halogens is 1. The van der Waals surface area contributed by atoms with E-state index >= 15 is 0 Å². The minimum absolute atomic E-state index is 0.248. The first-order valence-electron chi connectivity index (χ1n) is 6.76. The number of hydrogen-bond acceptors (Lipinski definition) is 3. The van der Waals surface area contributed by atoms with E-state index in [1.54, 1.807) is 24.3 Å². The number of ketones is 1. The first-order valence-corrected chi connectivity index (χ1v) is 7.14. The standard InChI is InChI=1S/C17H10ClNO3/c18-9-5-6-11-13(7-9)19-17(21)15(16(11)20)12-8-22-14-4-2-1-3-10(12)14/h1-8,15H,(H,19,21). The Morgan fingerprint density at radius 2 is 1.91 bits per heavy atom. The molecule has 0 aliphatic carbocycles. The Morgan fingerprint density at radius 1 is 1.09 bits per heavy atom. The summed E-state index contributed by atoms with van der Waals surface area (Å²) in [6, 6.07) is 12.2. The molecule has 2 aromatic carbocycles. The lowest BCUT2D eigenvalue weighted by molar-refractivity contribution is -0.116. The summed E-state index contributed by atoms with van der Waals surface area (Å²) in [4.78, 5) is 25.1. The number of carbonyl (C=O) groups excluding carboxylic acids is 2. The molecule has 0 bridgehead atoms. The van der Waals surface area contributed by atoms with Crippen molar-refractivity contribution in [2.24, 2.45) is 0 Å². The lowest BCUT2D eigenvalue weighted by atomic mass is 9.86. The Kier molecular flexibility index (Phi) is 2.81. The molecular weight excluding hydrogens is 302 g/mol. The van der Waals surface area contributed by atoms with Gasteiger partial charge in [-0.25, -0.2) is 0 Å². The molecule has 2 heterocycles. The van der Waals surface area contributed by atoms with Gasteiger partial charge in [-0.3, -0.25) is 9.59 Å². The van der Waals surface area contributed by atoms with Crippen molar-refractivity contribution in [3.8, 4) is 0 Å². The summed E-state index contributed by atoms with van der Waals surface area (Å²) >= 11 is 5.91. The Morgan fingerprint density at radius 3 is 2.77 bits per heavy atom. The van der Waals surface area contributed by atoms with Crippen LogP contribution < -0.4 is 5.32 Å². The second kappa shape index (κ2) is 4.71. The van der Waals surface area contributed by atoms with Crippen LogP contribution in [-0.4, -0.2) is 11.7 Å². The van der Waals surface area contributed by atoms with E-state index in [4.69, 9.17) is 16.0 Å². The number of carbonyl (C=O) groups is 2. The molecule has 4 nitrogen and oxygen atoms in total. The van der Waals surface area contributed by atoms with Gasteiger partial charge in [0, 0.05) is 21.5 Å². The van der Waals surface area contributed by atoms with Crippen molar-refractivity contribution in [3.05, 3.63) is 64.9 Å². The molecule has 0 spiro atoms. The van der Waals surface area contributed by atoms with Crippen molar-refractivity contribution in [3.63, 3.8) is 0 Å². The van der Waals surface area contributed by atoms with Crippen LogP contribution in [0.2, 0.25) is 5.02 Å². The maximum Gasteiger partial charge on any atom is 0.239 e. The summed E-state index contributed by atoms with van der Waals surface area (Å²) in [6.07, 6.45) is 1.48. The van der Waals surface area contributed by atoms with Crippen LogP contribution in [-0.2, 0) is 4.79 Å². The Labute approximate surface area is 130 Å². The quantitative estimate of drug-likeness (QED) is 0.691. The number of benzene rings is 2. The number of rotatable bonds is 1. The lowest BCUT2D eigenvalue weighted by Crippen LogP contribution is -2.33. The summed E-state index contributed by atoms with van der Waals surface area (Å²) < 4.78 is 5.45. The summed E-state index contributed by atoms with van der Waals surface area (Å²) in [5.41, 5.74) is 2.14. The highest BCUT2D eigenvalue weighted by Crippen LogP contribution is 2.36. The van der Waals surface area contributed by atoms with Crippen LogP contribution in [0.5, 0.6) is 0 Å². The summed E-state index contributed by atoms with van der Waals surface area (Å²) in [6.45, 7) is 0. The van der Waals surface area contributed by atoms with Crippen LogP contribution in [0.15, 0.2) is 53.1 Å². The normalized spacial score (nSPS) is 17.4. The number of nitrogens with one attached hydrogen (secondary N) is 1. The Balaban J connectivity index is 1.88. The summed E-state index contributed by atoms with van der Waals surface area (Å²) in [7, 11) is 0. The van der Waals surface area contributed by atoms with Gasteiger partial charge in [-0.1, -0.05) is 29.8 Å². The van der Waals surface area contributed by atoms with Crippen LogP contribution in [0.4, 0.5) is 5.69 Å². The molecule has 0 radical (unpaired) electrons. The minimum atomic E-state index is -0.905. The van der Waals surface area contributed by atoms with Crippen molar-refractivity contribution in [2.75, 3.05) is 5.32 Å². The molecule has 108 valence electrons. The third-order valence-electron chi connectivity index (χ3n) is 3.85. The molecular formula is C17H10ClNO3. The zero-order valence-electron chi connectivity index (χ0n) is 11.3. The van der Waals surface area contributed by atoms with Gasteiger partial charge < -0.3 is 9.73 Å². The number of anilines is 1. The lowest BCUT2D eigenvalue weighted by Gasteiger charge is -2.23. The number of furan rings is 1. The number of hydrogen-bond donors (Lipinski definition) is 1. The van der Waals surface area contributed by atoms with Gasteiger partial charge in [0.15, 0.2) is 5.78 Å². The average molecular weight is 312 g/mol. The van der Waals surface area contributed by atoms with Gasteiger partial charge in [-0.2, -0.15) is 0 Å². The molecule has 0 fully saturated rings. The van der Waals surface area contributed by atoms with Crippen molar-refractivity contribution < 1.29 is 14.0 Å². The zero-order chi connectivity index (χ0) is 15.3. The average Bonchev–Trinajstić information content (AvgIpc) is 2.91. The van der Waals surface area contributed by atoms with E-state index in [1.807, 2.05) is 18.2 Å². The van der Waals surface area contributed by atoms with Crippen LogP contribution >= 0.6 is 11.6 Å². The SMILES string of the molecule is O=C1Nc2cc(Cl)ccc2C(=O)C1c1coc2ccccc12. The number of fused-ring (bicyclic) bond motifs is 2. The van der Waals surface area contributed by atoms with Gasteiger partial charge in [0.25, 0.3) is 0 Å². The molecule has 3 aromatic rings. The number of Topliss-reactive ketones (excluding diaryl/α,β-unsaturated/α-hetero) is 1. The van der Waals surface area contributed by atoms with Crippen LogP contribution in [0.1, 0.15) is 21.8 Å². The predicted octanol–water partition coefficient (Wildman–Crippen LogP) is 4.00. The highest BCUT2D eigenvalue weighted by molar-refractivity contribution is 6.32. The van der Waals surface area contributed by atoms with Gasteiger partial charge in [0.2, 0.25) is 5.91 Å². The molecule has 22 heavy (non-hydrogen) atoms. The van der Waals surface area contributed by atoms with E-state index in [0.717, 1.165) is 5.39 Å². The van der Waals surface area contributed by atoms with Gasteiger partial charge in [0.05, 0.1) is 12.0 Å². The molecule has 4 rings (SSSR count). The molecule has 1 aliphatic heterocycles. The fraction of sp³-hybridized carbons (Fsp3) is 0.0588. The largest absolute Gasteiger partial charge is 0.464 e. The maximum atomic E-state index is 12.7. The van der Waals surface area contributed by atoms with E-state index < -0.39 is 5.92 Å². The van der Waals surface area contributed by atoms with Crippen molar-refractivity contribution in [2.45, 2.75) is 5.92 Å². The highest BCUT2D eigenvalue weighted by atomic mass is 35.5. The van der Waals surface area contributed by atoms with Gasteiger partial charge in [-0.15, -0.1) is 0 Å². The first-order chi connectivity index (χ1) is 10.6. The molecule has 1 unspecified atom stereocenters. The van der Waals surface area contributed by atoms with Crippen LogP contribution in [0, 0.1) is 0 Å². The van der Waals surface area contributed by atoms with Crippen molar-refractivity contribution >= 4 is 39.9 Å². The minimum Gasteiger partial charge on any atom is -0.464 e. The molecule has 1 N–H and O–H groups in total. The molecule has 1 aliphatic rings. The smallest absolute Gasteiger partial charge is 0.239 e. The summed E-state index contributed by atoms with van der Waals surface area (Å²) in [5.74, 6) is -1.52. The third-order valence-corrected chi connectivity index (χ3v) is 4.09. The van der Waals surface area contributed by atoms with E-state index in [-0.39, 0.29) is 11.7 Å². The van der Waals surface area contributed by atoms with E-state index in [1.165, 1.54) is 6.26 Å². The van der Waals surface area contributed by atoms with E-state index in [0.29, 0.717) is 27.4 Å². The van der Waals surface area contributed by atoms with E-state index in [2.05, 4.69) is 5.32 Å². The predicted molar refractivity (Wildman–Crippen MR) is 83.4 cm³/mol. The van der Waals surface area contributed by atoms with Gasteiger partial charge in [0.1, 0.15) is 11.5 Å². The zero-order valence-corrected chi connectivity index (χ0v) is 12.1. The molecule has 1 amide bonds. The van der Waals surface area contributed by atoms with Crippen LogP contribution in [0.3, 0.4) is 0 Å². The van der Waals surface area contributed by atoms with Gasteiger partial charge >= 0.3 is 0 Å². The third kappa shape index (κ3) is 1.84. The highest BCUT2D eigenvalue weighted by Gasteiger charge is 2.37. The van der Waals surface area contributed by atoms with Gasteiger partial charge in [-0.05, 0) is 24.3 Å². The summed E-state index contributed by atoms with van der Waals surface area (Å²) in [5, 5.41) is 3.99. The molecule has 1 aromatic heterocycles. The Bertz CT molecular complexity index is 929. The van der Waals surface area contributed by atoms with Crippen LogP contribution in [0.25, 0.3) is 11.0 Å². The fourth-order valence-corrected chi connectivity index (χ4v) is 2.99. The monoisotopic (exact) mass is 311 g/mol. The molecule has 1 atom stereocenters. The maximum absolute atomic E-state index is 12.7. The molecule has 0 saturated carbocycles. The van der Waals surface area contributed by atoms with Crippen molar-refractivity contribution in [1.82, 2.24) is 0 Å². The number of para-hydroxylation sites is 1. The second-order valence-corrected chi connectivity index (χ2v) is 5.60. The second-order valence-electron chi connectivity index (χ2n) is 5.16. The van der Waals surface area contributed by atoms with Crippen molar-refractivity contribution in [1.29, 1.82) is 0 Å².